The molecule has 0 saturated carbocycles. The summed E-state index contributed by atoms with van der Waals surface area (Å²) in [7, 11) is 0. The van der Waals surface area contributed by atoms with Crippen molar-refractivity contribution in [3.63, 3.8) is 0 Å². The Hall–Kier alpha value is -1.52. The third-order valence-electron chi connectivity index (χ3n) is 1.66. The summed E-state index contributed by atoms with van der Waals surface area (Å²) in [4.78, 5) is 10.6. The van der Waals surface area contributed by atoms with Crippen LogP contribution < -0.4 is 5.32 Å². The van der Waals surface area contributed by atoms with Crippen LogP contribution in [0.5, 0.6) is 0 Å². The topological polar surface area (TPSA) is 64.4 Å². The average molecular weight is 168 g/mol. The van der Waals surface area contributed by atoms with E-state index < -0.39 is 6.09 Å². The van der Waals surface area contributed by atoms with Crippen LogP contribution in [0.1, 0.15) is 17.5 Å². The largest absolute Gasteiger partial charge is 0.447 e. The summed E-state index contributed by atoms with van der Waals surface area (Å²) in [6.07, 6.45) is -0.408. The lowest BCUT2D eigenvalue weighted by Crippen LogP contribution is -2.17. The first-order valence-corrected chi connectivity index (χ1v) is 3.62. The van der Waals surface area contributed by atoms with Crippen LogP contribution in [0.25, 0.3) is 0 Å². The van der Waals surface area contributed by atoms with E-state index in [2.05, 4.69) is 10.5 Å². The van der Waals surface area contributed by atoms with Crippen molar-refractivity contribution in [3.8, 4) is 0 Å². The lowest BCUT2D eigenvalue weighted by Gasteiger charge is -1.98. The van der Waals surface area contributed by atoms with Gasteiger partial charge >= 0.3 is 6.09 Å². The highest BCUT2D eigenvalue weighted by atomic mass is 16.6. The molecule has 1 aromatic heterocycles. The van der Waals surface area contributed by atoms with Gasteiger partial charge in [-0.1, -0.05) is 5.16 Å². The summed E-state index contributed by atoms with van der Waals surface area (Å²) in [5.74, 6) is 0.637. The molecule has 5 nitrogen and oxygen atoms in total. The number of cyclic esters (lactones) is 1. The van der Waals surface area contributed by atoms with Crippen molar-refractivity contribution in [1.82, 2.24) is 10.5 Å². The molecule has 0 spiro atoms. The van der Waals surface area contributed by atoms with Crippen molar-refractivity contribution >= 4 is 6.09 Å². The number of amides is 1. The Morgan fingerprint density at radius 3 is 3.08 bits per heavy atom. The summed E-state index contributed by atoms with van der Waals surface area (Å²) < 4.78 is 9.64. The van der Waals surface area contributed by atoms with Crippen LogP contribution in [-0.2, 0) is 4.74 Å². The minimum absolute atomic E-state index is 0.182. The highest BCUT2D eigenvalue weighted by Gasteiger charge is 2.26. The summed E-state index contributed by atoms with van der Waals surface area (Å²) in [6.45, 7) is 2.14. The Morgan fingerprint density at radius 2 is 2.58 bits per heavy atom. The fourth-order valence-electron chi connectivity index (χ4n) is 1.09. The Labute approximate surface area is 68.7 Å². The number of hydrogen-bond acceptors (Lipinski definition) is 4. The van der Waals surface area contributed by atoms with Gasteiger partial charge < -0.3 is 14.6 Å². The van der Waals surface area contributed by atoms with E-state index in [1.165, 1.54) is 0 Å². The fourth-order valence-corrected chi connectivity index (χ4v) is 1.09. The summed E-state index contributed by atoms with van der Waals surface area (Å²) in [6, 6.07) is 1.60. The number of hydrogen-bond donors (Lipinski definition) is 1. The molecule has 2 rings (SSSR count). The quantitative estimate of drug-likeness (QED) is 0.672. The van der Waals surface area contributed by atoms with Gasteiger partial charge in [0.25, 0.3) is 0 Å². The highest BCUT2D eigenvalue weighted by Crippen LogP contribution is 2.18. The number of aryl methyl sites for hydroxylation is 1. The lowest BCUT2D eigenvalue weighted by molar-refractivity contribution is 0.176. The molecule has 1 atom stereocenters. The monoisotopic (exact) mass is 168 g/mol. The van der Waals surface area contributed by atoms with E-state index in [1.807, 2.05) is 6.92 Å². The molecule has 0 aliphatic carbocycles. The smallest absolute Gasteiger partial charge is 0.407 e. The number of rotatable bonds is 1. The van der Waals surface area contributed by atoms with Crippen LogP contribution >= 0.6 is 0 Å². The van der Waals surface area contributed by atoms with Crippen LogP contribution in [0.4, 0.5) is 4.79 Å². The zero-order valence-electron chi connectivity index (χ0n) is 6.53. The number of carbonyl (C=O) groups excluding carboxylic acids is 1. The first-order chi connectivity index (χ1) is 5.75. The van der Waals surface area contributed by atoms with Crippen molar-refractivity contribution in [3.05, 3.63) is 17.5 Å². The molecule has 0 radical (unpaired) electrons. The Balaban J connectivity index is 2.15. The van der Waals surface area contributed by atoms with Crippen molar-refractivity contribution in [2.75, 3.05) is 6.61 Å². The van der Waals surface area contributed by atoms with Crippen LogP contribution in [0, 0.1) is 6.92 Å². The predicted molar refractivity (Wildman–Crippen MR) is 38.5 cm³/mol. The van der Waals surface area contributed by atoms with E-state index in [-0.39, 0.29) is 6.04 Å². The Morgan fingerprint density at radius 1 is 1.75 bits per heavy atom. The number of nitrogens with zero attached hydrogens (tertiary/aromatic N) is 1. The van der Waals surface area contributed by atoms with E-state index >= 15 is 0 Å². The third-order valence-corrected chi connectivity index (χ3v) is 1.66. The van der Waals surface area contributed by atoms with Gasteiger partial charge in [-0.3, -0.25) is 0 Å². The average Bonchev–Trinajstić information content (AvgIpc) is 2.58. The molecule has 5 heteroatoms. The molecule has 1 aromatic rings. The summed E-state index contributed by atoms with van der Waals surface area (Å²) in [5.41, 5.74) is 0.797. The zero-order valence-corrected chi connectivity index (χ0v) is 6.53. The third kappa shape index (κ3) is 1.13. The lowest BCUT2D eigenvalue weighted by atomic mass is 10.2. The van der Waals surface area contributed by atoms with Crippen LogP contribution in [-0.4, -0.2) is 17.9 Å². The van der Waals surface area contributed by atoms with E-state index in [9.17, 15) is 4.79 Å². The van der Waals surface area contributed by atoms with Gasteiger partial charge in [0.1, 0.15) is 12.6 Å². The maximum absolute atomic E-state index is 10.6. The molecule has 0 bridgehead atoms. The fraction of sp³-hybridized carbons (Fsp3) is 0.429. The minimum Gasteiger partial charge on any atom is -0.447 e. The van der Waals surface area contributed by atoms with Gasteiger partial charge in [-0.2, -0.15) is 0 Å². The Kier molecular flexibility index (Phi) is 1.49. The number of ether oxygens (including phenoxy) is 1. The number of alkyl carbamates (subject to hydrolysis) is 1. The molecule has 1 fully saturated rings. The standard InChI is InChI=1S/C7H8N2O3/c1-4-2-6(12-9-4)5-3-11-7(10)8-5/h2,5H,3H2,1H3,(H,8,10). The summed E-state index contributed by atoms with van der Waals surface area (Å²) in [5, 5.41) is 6.29. The van der Waals surface area contributed by atoms with Gasteiger partial charge in [-0.15, -0.1) is 0 Å². The maximum Gasteiger partial charge on any atom is 0.407 e. The van der Waals surface area contributed by atoms with Gasteiger partial charge in [0.2, 0.25) is 0 Å². The van der Waals surface area contributed by atoms with E-state index in [0.29, 0.717) is 12.4 Å². The molecule has 1 aliphatic heterocycles. The number of carbonyl (C=O) groups is 1. The predicted octanol–water partition coefficient (Wildman–Crippen LogP) is 0.764. The van der Waals surface area contributed by atoms with E-state index in [1.54, 1.807) is 6.07 Å². The van der Waals surface area contributed by atoms with Crippen LogP contribution in [0.2, 0.25) is 0 Å². The second-order valence-corrected chi connectivity index (χ2v) is 2.67. The molecule has 64 valence electrons. The van der Waals surface area contributed by atoms with E-state index in [0.717, 1.165) is 5.69 Å². The first-order valence-electron chi connectivity index (χ1n) is 3.62. The SMILES string of the molecule is Cc1cc(C2COC(=O)N2)on1. The Bertz CT molecular complexity index is 307. The van der Waals surface area contributed by atoms with Gasteiger partial charge in [0.05, 0.1) is 5.69 Å². The second kappa shape index (κ2) is 2.51. The number of nitrogens with one attached hydrogen (secondary N) is 1. The zero-order chi connectivity index (χ0) is 8.55. The molecule has 1 N–H and O–H groups in total. The maximum atomic E-state index is 10.6. The molecule has 2 heterocycles. The van der Waals surface area contributed by atoms with Crippen molar-refractivity contribution in [2.24, 2.45) is 0 Å². The van der Waals surface area contributed by atoms with Gasteiger partial charge in [0.15, 0.2) is 5.76 Å². The molecule has 0 aromatic carbocycles. The second-order valence-electron chi connectivity index (χ2n) is 2.67. The molecule has 1 aliphatic rings. The van der Waals surface area contributed by atoms with E-state index in [4.69, 9.17) is 9.26 Å². The highest BCUT2D eigenvalue weighted by molar-refractivity contribution is 5.69. The molecule has 12 heavy (non-hydrogen) atoms. The van der Waals surface area contributed by atoms with Gasteiger partial charge in [-0.25, -0.2) is 4.79 Å². The molecule has 1 unspecified atom stereocenters. The molecule has 1 saturated heterocycles. The summed E-state index contributed by atoms with van der Waals surface area (Å²) >= 11 is 0. The van der Waals surface area contributed by atoms with Crippen LogP contribution in [0.15, 0.2) is 10.6 Å². The molecular formula is C7H8N2O3. The van der Waals surface area contributed by atoms with Crippen molar-refractivity contribution in [1.29, 1.82) is 0 Å². The normalized spacial score (nSPS) is 22.1. The molecular weight excluding hydrogens is 160 g/mol. The number of aromatic nitrogens is 1. The first kappa shape index (κ1) is 7.15. The van der Waals surface area contributed by atoms with Gasteiger partial charge in [0, 0.05) is 6.07 Å². The molecule has 1 amide bonds. The minimum atomic E-state index is -0.408. The van der Waals surface area contributed by atoms with Gasteiger partial charge in [-0.05, 0) is 6.92 Å². The van der Waals surface area contributed by atoms with Crippen LogP contribution in [0.3, 0.4) is 0 Å². The van der Waals surface area contributed by atoms with Crippen molar-refractivity contribution in [2.45, 2.75) is 13.0 Å². The van der Waals surface area contributed by atoms with Crippen molar-refractivity contribution < 1.29 is 14.1 Å².